The van der Waals surface area contributed by atoms with Crippen LogP contribution in [0.4, 0.5) is 0 Å². The van der Waals surface area contributed by atoms with Gasteiger partial charge in [-0.15, -0.1) is 0 Å². The average molecular weight is 360 g/mol. The third-order valence-electron chi connectivity index (χ3n) is 4.11. The molecule has 2 aliphatic heterocycles. The van der Waals surface area contributed by atoms with Gasteiger partial charge in [0.05, 0.1) is 30.3 Å². The molecule has 2 aliphatic rings. The molecule has 1 unspecified atom stereocenters. The first kappa shape index (κ1) is 18.4. The van der Waals surface area contributed by atoms with Crippen LogP contribution in [0.3, 0.4) is 0 Å². The predicted molar refractivity (Wildman–Crippen MR) is 81.2 cm³/mol. The quantitative estimate of drug-likeness (QED) is 0.472. The van der Waals surface area contributed by atoms with Gasteiger partial charge in [0.1, 0.15) is 6.61 Å². The summed E-state index contributed by atoms with van der Waals surface area (Å²) in [6, 6.07) is 0. The van der Waals surface area contributed by atoms with E-state index in [1.54, 1.807) is 6.92 Å². The molecule has 0 bridgehead atoms. The largest absolute Gasteiger partial charge is 0.461 e. The van der Waals surface area contributed by atoms with Crippen molar-refractivity contribution in [1.82, 2.24) is 0 Å². The van der Waals surface area contributed by atoms with Gasteiger partial charge in [0, 0.05) is 11.5 Å². The van der Waals surface area contributed by atoms with Crippen LogP contribution in [0.5, 0.6) is 0 Å². The lowest BCUT2D eigenvalue weighted by Crippen LogP contribution is -2.44. The van der Waals surface area contributed by atoms with Crippen LogP contribution < -0.4 is 0 Å². The highest BCUT2D eigenvalue weighted by Crippen LogP contribution is 2.47. The molecule has 2 saturated heterocycles. The number of carbonyl (C=O) groups is 3. The van der Waals surface area contributed by atoms with Gasteiger partial charge in [-0.1, -0.05) is 13.5 Å². The van der Waals surface area contributed by atoms with E-state index < -0.39 is 45.4 Å². The summed E-state index contributed by atoms with van der Waals surface area (Å²) in [5, 5.41) is 0. The van der Waals surface area contributed by atoms with Crippen LogP contribution in [-0.2, 0) is 38.4 Å². The van der Waals surface area contributed by atoms with E-state index in [1.165, 1.54) is 6.92 Å². The number of hydrogen-bond donors (Lipinski definition) is 0. The van der Waals surface area contributed by atoms with Crippen LogP contribution in [-0.4, -0.2) is 50.2 Å². The van der Waals surface area contributed by atoms with Gasteiger partial charge in [-0.25, -0.2) is 13.2 Å². The Bertz CT molecular complexity index is 658. The molecule has 0 aliphatic carbocycles. The van der Waals surface area contributed by atoms with Gasteiger partial charge < -0.3 is 14.2 Å². The Kier molecular flexibility index (Phi) is 5.03. The van der Waals surface area contributed by atoms with E-state index >= 15 is 0 Å². The molecule has 134 valence electrons. The summed E-state index contributed by atoms with van der Waals surface area (Å²) in [7, 11) is -3.61. The fourth-order valence-electron chi connectivity index (χ4n) is 2.95. The van der Waals surface area contributed by atoms with Crippen LogP contribution in [0.2, 0.25) is 0 Å². The molecule has 2 fully saturated rings. The first-order valence-electron chi connectivity index (χ1n) is 7.52. The maximum atomic E-state index is 12.2. The number of sulfone groups is 1. The van der Waals surface area contributed by atoms with E-state index in [0.717, 1.165) is 0 Å². The molecular weight excluding hydrogens is 340 g/mol. The van der Waals surface area contributed by atoms with E-state index in [4.69, 9.17) is 14.2 Å². The Labute approximate surface area is 140 Å². The van der Waals surface area contributed by atoms with Gasteiger partial charge in [-0.2, -0.15) is 0 Å². The first-order chi connectivity index (χ1) is 11.1. The highest BCUT2D eigenvalue weighted by atomic mass is 32.2. The Hall–Kier alpha value is -1.90. The van der Waals surface area contributed by atoms with Crippen LogP contribution in [0.15, 0.2) is 12.2 Å². The summed E-state index contributed by atoms with van der Waals surface area (Å²) >= 11 is 0. The smallest absolute Gasteiger partial charge is 0.333 e. The van der Waals surface area contributed by atoms with Crippen molar-refractivity contribution in [2.75, 3.05) is 18.1 Å². The Morgan fingerprint density at radius 2 is 1.88 bits per heavy atom. The summed E-state index contributed by atoms with van der Waals surface area (Å²) in [6.45, 7) is 6.12. The molecule has 24 heavy (non-hydrogen) atoms. The molecule has 0 spiro atoms. The molecule has 9 heteroatoms. The lowest BCUT2D eigenvalue weighted by molar-refractivity contribution is -0.220. The Balaban J connectivity index is 1.98. The zero-order valence-corrected chi connectivity index (χ0v) is 14.4. The second-order valence-electron chi connectivity index (χ2n) is 6.21. The van der Waals surface area contributed by atoms with Gasteiger partial charge >= 0.3 is 17.9 Å². The van der Waals surface area contributed by atoms with E-state index in [2.05, 4.69) is 6.58 Å². The van der Waals surface area contributed by atoms with E-state index in [9.17, 15) is 22.8 Å². The second-order valence-corrected chi connectivity index (χ2v) is 8.44. The molecule has 0 aromatic rings. The molecule has 0 aromatic carbocycles. The summed E-state index contributed by atoms with van der Waals surface area (Å²) in [6.07, 6.45) is 0.0682. The minimum absolute atomic E-state index is 0.0341. The van der Waals surface area contributed by atoms with Gasteiger partial charge in [0.15, 0.2) is 9.84 Å². The zero-order chi connectivity index (χ0) is 18.1. The normalized spacial score (nSPS) is 27.2. The molecule has 0 radical (unpaired) electrons. The van der Waals surface area contributed by atoms with E-state index in [1.807, 2.05) is 0 Å². The standard InChI is InChI=1S/C15H20O8S/c1-9(2)14(18)21-4-5-24(19,20)8-10(3)15-11(6-12(16)22-15)7-13(17)23-15/h10-11H,1,4-8H2,2-3H3. The predicted octanol–water partition coefficient (Wildman–Crippen LogP) is 0.363. The number of rotatable bonds is 7. The Morgan fingerprint density at radius 1 is 1.33 bits per heavy atom. The fourth-order valence-corrected chi connectivity index (χ4v) is 4.45. The van der Waals surface area contributed by atoms with Gasteiger partial charge in [0.25, 0.3) is 5.79 Å². The third-order valence-corrected chi connectivity index (χ3v) is 5.91. The third kappa shape index (κ3) is 3.77. The lowest BCUT2D eigenvalue weighted by atomic mass is 9.89. The van der Waals surface area contributed by atoms with Crippen LogP contribution in [0.25, 0.3) is 0 Å². The summed E-state index contributed by atoms with van der Waals surface area (Å²) < 4.78 is 39.5. The van der Waals surface area contributed by atoms with Crippen LogP contribution in [0.1, 0.15) is 26.7 Å². The van der Waals surface area contributed by atoms with Crippen molar-refractivity contribution in [1.29, 1.82) is 0 Å². The summed E-state index contributed by atoms with van der Waals surface area (Å²) in [4.78, 5) is 34.3. The van der Waals surface area contributed by atoms with Crippen molar-refractivity contribution in [2.24, 2.45) is 11.8 Å². The molecule has 0 saturated carbocycles. The molecule has 0 amide bonds. The molecule has 2 rings (SSSR count). The fraction of sp³-hybridized carbons (Fsp3) is 0.667. The van der Waals surface area contributed by atoms with Gasteiger partial charge in [-0.05, 0) is 6.92 Å². The van der Waals surface area contributed by atoms with E-state index in [-0.39, 0.29) is 36.5 Å². The molecule has 1 atom stereocenters. The second kappa shape index (κ2) is 6.54. The molecule has 0 N–H and O–H groups in total. The molecule has 8 nitrogen and oxygen atoms in total. The molecular formula is C15H20O8S. The van der Waals surface area contributed by atoms with E-state index in [0.29, 0.717) is 0 Å². The number of ether oxygens (including phenoxy) is 3. The number of hydrogen-bond acceptors (Lipinski definition) is 8. The number of fused-ring (bicyclic) bond motifs is 1. The van der Waals surface area contributed by atoms with Crippen molar-refractivity contribution in [3.8, 4) is 0 Å². The maximum absolute atomic E-state index is 12.2. The summed E-state index contributed by atoms with van der Waals surface area (Å²) in [5.41, 5.74) is 0.179. The van der Waals surface area contributed by atoms with Crippen LogP contribution >= 0.6 is 0 Å². The Morgan fingerprint density at radius 3 is 2.38 bits per heavy atom. The SMILES string of the molecule is C=C(C)C(=O)OCCS(=O)(=O)CC(C)C12OC(=O)CC1CC(=O)O2. The topological polar surface area (TPSA) is 113 Å². The number of carbonyl (C=O) groups excluding carboxylic acids is 3. The van der Waals surface area contributed by atoms with Crippen molar-refractivity contribution in [3.05, 3.63) is 12.2 Å². The lowest BCUT2D eigenvalue weighted by Gasteiger charge is -2.31. The minimum Gasteiger partial charge on any atom is -0.461 e. The van der Waals surface area contributed by atoms with Crippen LogP contribution in [0, 0.1) is 11.8 Å². The van der Waals surface area contributed by atoms with Crippen molar-refractivity contribution < 1.29 is 37.0 Å². The highest BCUT2D eigenvalue weighted by molar-refractivity contribution is 7.91. The van der Waals surface area contributed by atoms with Crippen molar-refractivity contribution >= 4 is 27.7 Å². The zero-order valence-electron chi connectivity index (χ0n) is 13.6. The van der Waals surface area contributed by atoms with Crippen molar-refractivity contribution in [2.45, 2.75) is 32.5 Å². The molecule has 2 heterocycles. The maximum Gasteiger partial charge on any atom is 0.333 e. The van der Waals surface area contributed by atoms with Crippen molar-refractivity contribution in [3.63, 3.8) is 0 Å². The minimum atomic E-state index is -3.61. The monoisotopic (exact) mass is 360 g/mol. The molecule has 0 aromatic heterocycles. The average Bonchev–Trinajstić information content (AvgIpc) is 2.89. The van der Waals surface area contributed by atoms with Gasteiger partial charge in [-0.3, -0.25) is 9.59 Å². The van der Waals surface area contributed by atoms with Gasteiger partial charge in [0.2, 0.25) is 0 Å². The highest BCUT2D eigenvalue weighted by Gasteiger charge is 2.61. The summed E-state index contributed by atoms with van der Waals surface area (Å²) in [5.74, 6) is -5.10. The number of esters is 3. The first-order valence-corrected chi connectivity index (χ1v) is 9.34.